The monoisotopic (exact) mass is 232 g/mol. The van der Waals surface area contributed by atoms with Crippen molar-refractivity contribution in [3.8, 4) is 0 Å². The van der Waals surface area contributed by atoms with E-state index in [9.17, 15) is 13.2 Å². The second-order valence-corrected chi connectivity index (χ2v) is 4.45. The number of aryl methyl sites for hydroxylation is 1. The molecule has 0 saturated carbocycles. The Morgan fingerprint density at radius 1 is 1.20 bits per heavy atom. The molecular formula is C11H11F3S. The summed E-state index contributed by atoms with van der Waals surface area (Å²) in [7, 11) is 0. The van der Waals surface area contributed by atoms with Gasteiger partial charge in [-0.3, -0.25) is 0 Å². The van der Waals surface area contributed by atoms with Crippen molar-refractivity contribution in [2.45, 2.75) is 30.3 Å². The summed E-state index contributed by atoms with van der Waals surface area (Å²) in [5.41, 5.74) is 1.84. The van der Waals surface area contributed by atoms with Crippen molar-refractivity contribution in [1.29, 1.82) is 0 Å². The first-order valence-electron chi connectivity index (χ1n) is 4.84. The number of alkyl halides is 3. The van der Waals surface area contributed by atoms with Crippen LogP contribution in [0.1, 0.15) is 17.5 Å². The van der Waals surface area contributed by atoms with Gasteiger partial charge in [0.2, 0.25) is 0 Å². The maximum Gasteiger partial charge on any atom is 0.392 e. The molecule has 0 spiro atoms. The molecule has 1 aliphatic rings. The summed E-state index contributed by atoms with van der Waals surface area (Å²) in [5, 5.41) is 0. The zero-order valence-corrected chi connectivity index (χ0v) is 8.91. The fourth-order valence-electron chi connectivity index (χ4n) is 2.02. The minimum atomic E-state index is -4.06. The van der Waals surface area contributed by atoms with Crippen LogP contribution in [0.3, 0.4) is 0 Å². The molecule has 0 bridgehead atoms. The van der Waals surface area contributed by atoms with E-state index in [4.69, 9.17) is 0 Å². The molecule has 0 aliphatic heterocycles. The molecule has 0 N–H and O–H groups in total. The molecule has 0 fully saturated rings. The van der Waals surface area contributed by atoms with Crippen molar-refractivity contribution >= 4 is 12.6 Å². The van der Waals surface area contributed by atoms with Crippen LogP contribution in [0.2, 0.25) is 0 Å². The Hall–Kier alpha value is -0.640. The van der Waals surface area contributed by atoms with Crippen LogP contribution in [0, 0.1) is 5.92 Å². The maximum atomic E-state index is 12.5. The summed E-state index contributed by atoms with van der Waals surface area (Å²) < 4.78 is 37.5. The third-order valence-electron chi connectivity index (χ3n) is 2.88. The first-order chi connectivity index (χ1) is 6.97. The highest BCUT2D eigenvalue weighted by Gasteiger charge is 2.40. The van der Waals surface area contributed by atoms with E-state index in [2.05, 4.69) is 12.6 Å². The lowest BCUT2D eigenvalue weighted by Gasteiger charge is -2.26. The maximum absolute atomic E-state index is 12.5. The lowest BCUT2D eigenvalue weighted by atomic mass is 9.83. The average molecular weight is 232 g/mol. The largest absolute Gasteiger partial charge is 0.392 e. The number of thiol groups is 1. The number of rotatable bonds is 0. The van der Waals surface area contributed by atoms with Gasteiger partial charge < -0.3 is 0 Å². The van der Waals surface area contributed by atoms with Crippen molar-refractivity contribution in [2.75, 3.05) is 0 Å². The molecule has 1 aromatic rings. The second kappa shape index (κ2) is 3.74. The molecule has 0 heterocycles. The van der Waals surface area contributed by atoms with Crippen LogP contribution in [0.5, 0.6) is 0 Å². The number of halogens is 3. The third kappa shape index (κ3) is 2.30. The van der Waals surface area contributed by atoms with Crippen molar-refractivity contribution < 1.29 is 13.2 Å². The minimum Gasteiger partial charge on any atom is -0.171 e. The Balaban J connectivity index is 2.24. The highest BCUT2D eigenvalue weighted by atomic mass is 32.1. The van der Waals surface area contributed by atoms with Gasteiger partial charge in [0, 0.05) is 4.90 Å². The van der Waals surface area contributed by atoms with E-state index in [1.54, 1.807) is 12.1 Å². The van der Waals surface area contributed by atoms with Crippen LogP contribution in [0.4, 0.5) is 13.2 Å². The van der Waals surface area contributed by atoms with Gasteiger partial charge >= 0.3 is 6.18 Å². The Labute approximate surface area is 91.9 Å². The predicted molar refractivity (Wildman–Crippen MR) is 55.3 cm³/mol. The van der Waals surface area contributed by atoms with Crippen molar-refractivity contribution in [2.24, 2.45) is 5.92 Å². The van der Waals surface area contributed by atoms with E-state index in [1.165, 1.54) is 0 Å². The number of hydrogen-bond acceptors (Lipinski definition) is 1. The Morgan fingerprint density at radius 2 is 1.93 bits per heavy atom. The molecule has 0 amide bonds. The molecule has 0 radical (unpaired) electrons. The molecule has 0 saturated heterocycles. The summed E-state index contributed by atoms with van der Waals surface area (Å²) in [5.74, 6) is -1.17. The predicted octanol–water partition coefficient (Wildman–Crippen LogP) is 3.64. The van der Waals surface area contributed by atoms with E-state index in [1.807, 2.05) is 6.07 Å². The van der Waals surface area contributed by atoms with Crippen molar-refractivity contribution in [1.82, 2.24) is 0 Å². The molecule has 0 nitrogen and oxygen atoms in total. The molecule has 2 rings (SSSR count). The molecule has 1 aliphatic carbocycles. The first-order valence-corrected chi connectivity index (χ1v) is 5.29. The van der Waals surface area contributed by atoms with Crippen LogP contribution < -0.4 is 0 Å². The van der Waals surface area contributed by atoms with Gasteiger partial charge in [-0.15, -0.1) is 12.6 Å². The van der Waals surface area contributed by atoms with Gasteiger partial charge in [-0.05, 0) is 42.5 Å². The van der Waals surface area contributed by atoms with Gasteiger partial charge in [-0.25, -0.2) is 0 Å². The van der Waals surface area contributed by atoms with Gasteiger partial charge in [0.05, 0.1) is 5.92 Å². The molecular weight excluding hydrogens is 221 g/mol. The molecule has 15 heavy (non-hydrogen) atoms. The van der Waals surface area contributed by atoms with E-state index in [-0.39, 0.29) is 12.8 Å². The highest BCUT2D eigenvalue weighted by Crippen LogP contribution is 2.37. The Kier molecular flexibility index (Phi) is 2.71. The quantitative estimate of drug-likeness (QED) is 0.649. The summed E-state index contributed by atoms with van der Waals surface area (Å²) in [6, 6.07) is 5.38. The number of benzene rings is 1. The van der Waals surface area contributed by atoms with Crippen LogP contribution in [0.25, 0.3) is 0 Å². The molecule has 1 atom stereocenters. The second-order valence-electron chi connectivity index (χ2n) is 3.93. The minimum absolute atomic E-state index is 0.118. The summed E-state index contributed by atoms with van der Waals surface area (Å²) >= 11 is 4.18. The van der Waals surface area contributed by atoms with Gasteiger partial charge in [0.1, 0.15) is 0 Å². The third-order valence-corrected chi connectivity index (χ3v) is 3.16. The number of fused-ring (bicyclic) bond motifs is 1. The first kappa shape index (κ1) is 10.9. The van der Waals surface area contributed by atoms with Crippen LogP contribution >= 0.6 is 12.6 Å². The fourth-order valence-corrected chi connectivity index (χ4v) is 2.25. The standard InChI is InChI=1S/C11H11F3S/c12-11(13,14)9-3-1-8-6-10(15)4-2-7(8)5-9/h2,4,6,9,15H,1,3,5H2. The van der Waals surface area contributed by atoms with Crippen molar-refractivity contribution in [3.05, 3.63) is 29.3 Å². The summed E-state index contributed by atoms with van der Waals surface area (Å²) in [6.07, 6.45) is -3.23. The van der Waals surface area contributed by atoms with Gasteiger partial charge in [0.25, 0.3) is 0 Å². The number of hydrogen-bond donors (Lipinski definition) is 1. The SMILES string of the molecule is FC(F)(F)C1CCc2cc(S)ccc2C1. The highest BCUT2D eigenvalue weighted by molar-refractivity contribution is 7.80. The summed E-state index contributed by atoms with van der Waals surface area (Å²) in [6.45, 7) is 0. The van der Waals surface area contributed by atoms with Crippen LogP contribution in [0.15, 0.2) is 23.1 Å². The zero-order valence-electron chi connectivity index (χ0n) is 8.01. The molecule has 4 heteroatoms. The normalized spacial score (nSPS) is 21.2. The molecule has 1 unspecified atom stereocenters. The van der Waals surface area contributed by atoms with Crippen molar-refractivity contribution in [3.63, 3.8) is 0 Å². The molecule has 1 aromatic carbocycles. The fraction of sp³-hybridized carbons (Fsp3) is 0.455. The van der Waals surface area contributed by atoms with Gasteiger partial charge in [0.15, 0.2) is 0 Å². The van der Waals surface area contributed by atoms with Gasteiger partial charge in [-0.2, -0.15) is 13.2 Å². The van der Waals surface area contributed by atoms with Crippen LogP contribution in [-0.4, -0.2) is 6.18 Å². The van der Waals surface area contributed by atoms with E-state index in [0.29, 0.717) is 6.42 Å². The zero-order chi connectivity index (χ0) is 11.1. The Bertz CT molecular complexity index is 371. The van der Waals surface area contributed by atoms with E-state index in [0.717, 1.165) is 16.0 Å². The molecule has 82 valence electrons. The van der Waals surface area contributed by atoms with E-state index >= 15 is 0 Å². The molecule has 0 aromatic heterocycles. The van der Waals surface area contributed by atoms with E-state index < -0.39 is 12.1 Å². The summed E-state index contributed by atoms with van der Waals surface area (Å²) in [4.78, 5) is 0.819. The van der Waals surface area contributed by atoms with Gasteiger partial charge in [-0.1, -0.05) is 6.07 Å². The lowest BCUT2D eigenvalue weighted by molar-refractivity contribution is -0.177. The lowest BCUT2D eigenvalue weighted by Crippen LogP contribution is -2.28. The Morgan fingerprint density at radius 3 is 2.60 bits per heavy atom. The average Bonchev–Trinajstić information content (AvgIpc) is 2.15. The topological polar surface area (TPSA) is 0 Å². The smallest absolute Gasteiger partial charge is 0.171 e. The van der Waals surface area contributed by atoms with Crippen LogP contribution in [-0.2, 0) is 12.8 Å².